The Morgan fingerprint density at radius 2 is 2.00 bits per heavy atom. The number of Topliss-reactive ketones (excluding diaryl/α,β-unsaturated/α-hetero) is 2. The molecule has 0 saturated heterocycles. The molecule has 1 aliphatic carbocycles. The van der Waals surface area contributed by atoms with Crippen LogP contribution in [-0.2, 0) is 14.3 Å². The Balaban J connectivity index is 1.95. The molecule has 1 N–H and O–H groups in total. The van der Waals surface area contributed by atoms with E-state index in [1.165, 1.54) is 33.6 Å². The number of ketones is 2. The van der Waals surface area contributed by atoms with E-state index in [0.29, 0.717) is 5.56 Å². The fourth-order valence-electron chi connectivity index (χ4n) is 4.76. The first-order valence-corrected chi connectivity index (χ1v) is 11.2. The molecule has 1 aromatic carbocycles. The summed E-state index contributed by atoms with van der Waals surface area (Å²) in [4.78, 5) is 43.5. The molecule has 1 aliphatic heterocycles. The van der Waals surface area contributed by atoms with Crippen molar-refractivity contribution in [3.63, 3.8) is 0 Å². The van der Waals surface area contributed by atoms with Crippen LogP contribution in [-0.4, -0.2) is 54.6 Å². The van der Waals surface area contributed by atoms with Crippen LogP contribution < -0.4 is 14.2 Å². The first-order valence-electron chi connectivity index (χ1n) is 10.8. The molecule has 10 heteroatoms. The summed E-state index contributed by atoms with van der Waals surface area (Å²) in [6, 6.07) is 4.78. The molecule has 2 heterocycles. The molecule has 0 amide bonds. The summed E-state index contributed by atoms with van der Waals surface area (Å²) in [5.74, 6) is -3.50. The minimum Gasteiger partial charge on any atom is -0.507 e. The van der Waals surface area contributed by atoms with Crippen LogP contribution in [0.15, 0.2) is 41.9 Å². The zero-order valence-electron chi connectivity index (χ0n) is 19.6. The molecule has 3 unspecified atom stereocenters. The number of ether oxygens (including phenoxy) is 4. The third-order valence-corrected chi connectivity index (χ3v) is 6.90. The van der Waals surface area contributed by atoms with Crippen molar-refractivity contribution in [2.75, 3.05) is 21.3 Å². The zero-order chi connectivity index (χ0) is 25.5. The highest BCUT2D eigenvalue weighted by atomic mass is 35.5. The molecule has 0 bridgehead atoms. The van der Waals surface area contributed by atoms with E-state index >= 15 is 0 Å². The first kappa shape index (κ1) is 24.5. The Labute approximate surface area is 206 Å². The number of aliphatic hydroxyl groups is 1. The van der Waals surface area contributed by atoms with Crippen molar-refractivity contribution >= 4 is 29.1 Å². The van der Waals surface area contributed by atoms with E-state index < -0.39 is 40.7 Å². The lowest BCUT2D eigenvalue weighted by Crippen LogP contribution is -2.53. The van der Waals surface area contributed by atoms with Crippen molar-refractivity contribution in [1.29, 1.82) is 0 Å². The van der Waals surface area contributed by atoms with Gasteiger partial charge in [0.05, 0.1) is 27.8 Å². The smallest absolute Gasteiger partial charge is 0.306 e. The number of fused-ring (bicyclic) bond motifs is 1. The Morgan fingerprint density at radius 1 is 1.29 bits per heavy atom. The number of aliphatic hydroxyl groups excluding tert-OH is 1. The Hall–Kier alpha value is -3.59. The predicted octanol–water partition coefficient (Wildman–Crippen LogP) is 3.83. The molecule has 2 aliphatic rings. The van der Waals surface area contributed by atoms with Crippen LogP contribution in [0.4, 0.5) is 0 Å². The highest BCUT2D eigenvalue weighted by molar-refractivity contribution is 6.35. The van der Waals surface area contributed by atoms with Crippen LogP contribution >= 0.6 is 11.6 Å². The fourth-order valence-corrected chi connectivity index (χ4v) is 5.02. The van der Waals surface area contributed by atoms with Gasteiger partial charge < -0.3 is 24.1 Å². The number of hydrogen-bond acceptors (Lipinski definition) is 9. The Kier molecular flexibility index (Phi) is 6.46. The Morgan fingerprint density at radius 3 is 2.60 bits per heavy atom. The van der Waals surface area contributed by atoms with Crippen molar-refractivity contribution in [3.05, 3.63) is 58.1 Å². The minimum atomic E-state index is -1.94. The van der Waals surface area contributed by atoms with Gasteiger partial charge in [-0.3, -0.25) is 19.4 Å². The number of carbonyl (C=O) groups excluding carboxylic acids is 3. The number of aromatic nitrogens is 1. The van der Waals surface area contributed by atoms with Crippen molar-refractivity contribution in [3.8, 4) is 17.2 Å². The number of methoxy groups -OCH3 is 3. The largest absolute Gasteiger partial charge is 0.507 e. The lowest BCUT2D eigenvalue weighted by atomic mass is 9.69. The van der Waals surface area contributed by atoms with Gasteiger partial charge in [-0.1, -0.05) is 24.6 Å². The third kappa shape index (κ3) is 3.70. The van der Waals surface area contributed by atoms with Crippen molar-refractivity contribution in [2.45, 2.75) is 31.3 Å². The predicted molar refractivity (Wildman–Crippen MR) is 124 cm³/mol. The first-order chi connectivity index (χ1) is 16.7. The summed E-state index contributed by atoms with van der Waals surface area (Å²) >= 11 is 6.47. The maximum absolute atomic E-state index is 13.9. The van der Waals surface area contributed by atoms with Gasteiger partial charge in [0.2, 0.25) is 11.4 Å². The van der Waals surface area contributed by atoms with Crippen LogP contribution in [0.2, 0.25) is 5.02 Å². The highest BCUT2D eigenvalue weighted by Gasteiger charge is 2.61. The maximum Gasteiger partial charge on any atom is 0.306 e. The number of pyridine rings is 1. The summed E-state index contributed by atoms with van der Waals surface area (Å²) in [6.45, 7) is 1.63. The second-order valence-corrected chi connectivity index (χ2v) is 8.75. The molecule has 0 fully saturated rings. The van der Waals surface area contributed by atoms with E-state index in [9.17, 15) is 19.5 Å². The van der Waals surface area contributed by atoms with Crippen molar-refractivity contribution in [2.24, 2.45) is 5.92 Å². The van der Waals surface area contributed by atoms with Crippen molar-refractivity contribution < 1.29 is 38.4 Å². The minimum absolute atomic E-state index is 0.00846. The molecule has 1 aromatic heterocycles. The van der Waals surface area contributed by atoms with Crippen LogP contribution in [0.3, 0.4) is 0 Å². The lowest BCUT2D eigenvalue weighted by molar-refractivity contribution is -0.140. The number of esters is 1. The molecular weight excluding hydrogens is 478 g/mol. The number of halogens is 1. The van der Waals surface area contributed by atoms with E-state index in [4.69, 9.17) is 30.5 Å². The summed E-state index contributed by atoms with van der Waals surface area (Å²) in [6.07, 6.45) is 2.66. The molecule has 1 spiro atoms. The number of rotatable bonds is 6. The monoisotopic (exact) mass is 501 g/mol. The molecule has 4 rings (SSSR count). The average Bonchev–Trinajstić information content (AvgIpc) is 3.17. The van der Waals surface area contributed by atoms with Gasteiger partial charge in [0.25, 0.3) is 0 Å². The van der Waals surface area contributed by atoms with Gasteiger partial charge in [0.15, 0.2) is 17.3 Å². The average molecular weight is 502 g/mol. The number of nitrogens with zero attached hydrogens (tertiary/aromatic N) is 1. The normalized spacial score (nSPS) is 22.0. The van der Waals surface area contributed by atoms with E-state index in [1.807, 2.05) is 0 Å². The van der Waals surface area contributed by atoms with Gasteiger partial charge >= 0.3 is 5.97 Å². The van der Waals surface area contributed by atoms with E-state index in [-0.39, 0.29) is 46.2 Å². The highest BCUT2D eigenvalue weighted by Crippen LogP contribution is 2.55. The molecule has 9 nitrogen and oxygen atoms in total. The summed E-state index contributed by atoms with van der Waals surface area (Å²) in [5, 5.41) is 11.7. The number of carbonyl (C=O) groups is 3. The number of hydrogen-bond donors (Lipinski definition) is 1. The molecule has 3 atom stereocenters. The topological polar surface area (TPSA) is 121 Å². The molecule has 2 aromatic rings. The van der Waals surface area contributed by atoms with Gasteiger partial charge in [0.1, 0.15) is 22.1 Å². The van der Waals surface area contributed by atoms with E-state index in [0.717, 1.165) is 0 Å². The van der Waals surface area contributed by atoms with Crippen LogP contribution in [0, 0.1) is 5.92 Å². The van der Waals surface area contributed by atoms with E-state index in [1.54, 1.807) is 25.3 Å². The second kappa shape index (κ2) is 9.22. The summed E-state index contributed by atoms with van der Waals surface area (Å²) < 4.78 is 21.6. The van der Waals surface area contributed by atoms with E-state index in [2.05, 4.69) is 4.98 Å². The number of allylic oxidation sites excluding steroid dienone is 1. The van der Waals surface area contributed by atoms with Crippen LogP contribution in [0.5, 0.6) is 17.2 Å². The summed E-state index contributed by atoms with van der Waals surface area (Å²) in [5.41, 5.74) is -1.51. The second-order valence-electron chi connectivity index (χ2n) is 8.38. The zero-order valence-corrected chi connectivity index (χ0v) is 20.3. The van der Waals surface area contributed by atoms with Gasteiger partial charge in [-0.25, -0.2) is 0 Å². The summed E-state index contributed by atoms with van der Waals surface area (Å²) in [7, 11) is 4.01. The molecule has 0 radical (unpaired) electrons. The molecule has 35 heavy (non-hydrogen) atoms. The number of benzene rings is 1. The van der Waals surface area contributed by atoms with Crippen LogP contribution in [0.1, 0.15) is 41.6 Å². The molecule has 0 saturated carbocycles. The van der Waals surface area contributed by atoms with Gasteiger partial charge in [0, 0.05) is 42.3 Å². The lowest BCUT2D eigenvalue weighted by Gasteiger charge is -2.38. The third-order valence-electron chi connectivity index (χ3n) is 6.55. The van der Waals surface area contributed by atoms with Crippen molar-refractivity contribution in [1.82, 2.24) is 4.98 Å². The molecule has 184 valence electrons. The molecular formula is C25H24ClNO8. The van der Waals surface area contributed by atoms with Gasteiger partial charge in [-0.05, 0) is 11.6 Å². The van der Waals surface area contributed by atoms with Gasteiger partial charge in [-0.2, -0.15) is 0 Å². The standard InChI is InChI=1S/C25H24ClNO8/c1-12-8-15(28)19(14(9-18(29)34-4)13-6-5-7-27-11-13)23(30)25(12)24(31)20-16(32-2)10-17(33-3)21(26)22(20)35-25/h5-7,10-12,14,30H,8-9H2,1-4H3. The Bertz CT molecular complexity index is 1240. The quantitative estimate of drug-likeness (QED) is 0.588. The maximum atomic E-state index is 13.9. The SMILES string of the molecule is COC(=O)CC(C1=C(O)C2(Oc3c(Cl)c(OC)cc(OC)c3C2=O)C(C)CC1=O)c1cccnc1. The van der Waals surface area contributed by atoms with Gasteiger partial charge in [-0.15, -0.1) is 0 Å². The van der Waals surface area contributed by atoms with Crippen LogP contribution in [0.25, 0.3) is 0 Å². The fraction of sp³-hybridized carbons (Fsp3) is 0.360.